The number of imide groups is 1. The van der Waals surface area contributed by atoms with Gasteiger partial charge in [-0.2, -0.15) is 0 Å². The summed E-state index contributed by atoms with van der Waals surface area (Å²) >= 11 is 0. The van der Waals surface area contributed by atoms with Crippen LogP contribution in [0.4, 0.5) is 10.5 Å². The number of amides is 3. The highest BCUT2D eigenvalue weighted by atomic mass is 16.2. The van der Waals surface area contributed by atoms with Gasteiger partial charge < -0.3 is 15.1 Å². The van der Waals surface area contributed by atoms with Crippen LogP contribution in [0.25, 0.3) is 0 Å². The number of para-hydroxylation sites is 1. The van der Waals surface area contributed by atoms with Gasteiger partial charge in [0.25, 0.3) is 5.91 Å². The average Bonchev–Trinajstić information content (AvgIpc) is 3.29. The fourth-order valence-electron chi connectivity index (χ4n) is 5.22. The summed E-state index contributed by atoms with van der Waals surface area (Å²) in [7, 11) is 2.07. The predicted molar refractivity (Wildman–Crippen MR) is 109 cm³/mol. The number of anilines is 1. The fraction of sp³-hybridized carbons (Fsp3) is 0.636. The minimum absolute atomic E-state index is 0.0168. The third-order valence-electron chi connectivity index (χ3n) is 6.86. The molecule has 0 aromatic heterocycles. The maximum Gasteiger partial charge on any atom is 0.329 e. The lowest BCUT2D eigenvalue weighted by molar-refractivity contribution is -0.901. The standard InChI is InChI=1S/C22H32N4O2/c1-17-9-5-6-12-22(17)20(27)26(21(28)23-22)16-24(2)15-18-10-3-4-11-19(18)25-13-7-8-14-25/h3-4,10-11,17H,5-9,12-16H2,1-2H3,(H,23,28)/p+1/t17-,22-/m1/s1. The Morgan fingerprint density at radius 3 is 2.64 bits per heavy atom. The first-order valence-electron chi connectivity index (χ1n) is 10.8. The number of nitrogens with one attached hydrogen (secondary N) is 2. The van der Waals surface area contributed by atoms with Crippen molar-refractivity contribution in [1.29, 1.82) is 0 Å². The molecule has 28 heavy (non-hydrogen) atoms. The van der Waals surface area contributed by atoms with Crippen molar-refractivity contribution in [2.24, 2.45) is 5.92 Å². The van der Waals surface area contributed by atoms with Crippen LogP contribution in [0.5, 0.6) is 0 Å². The molecule has 0 radical (unpaired) electrons. The lowest BCUT2D eigenvalue weighted by Crippen LogP contribution is -3.09. The average molecular weight is 386 g/mol. The fourth-order valence-corrected chi connectivity index (χ4v) is 5.22. The Hall–Kier alpha value is -2.08. The zero-order valence-corrected chi connectivity index (χ0v) is 17.2. The van der Waals surface area contributed by atoms with E-state index in [0.717, 1.165) is 50.2 Å². The summed E-state index contributed by atoms with van der Waals surface area (Å²) in [5.41, 5.74) is 1.92. The molecule has 3 amide bonds. The molecule has 2 saturated heterocycles. The number of benzene rings is 1. The van der Waals surface area contributed by atoms with Gasteiger partial charge in [-0.1, -0.05) is 38.0 Å². The number of hydrogen-bond donors (Lipinski definition) is 2. The van der Waals surface area contributed by atoms with Crippen LogP contribution in [0.1, 0.15) is 51.0 Å². The molecule has 1 spiro atoms. The van der Waals surface area contributed by atoms with Gasteiger partial charge in [0.05, 0.1) is 7.05 Å². The van der Waals surface area contributed by atoms with E-state index in [1.807, 2.05) is 0 Å². The van der Waals surface area contributed by atoms with E-state index in [-0.39, 0.29) is 17.9 Å². The number of carbonyl (C=O) groups excluding carboxylic acids is 2. The predicted octanol–water partition coefficient (Wildman–Crippen LogP) is 1.76. The van der Waals surface area contributed by atoms with Gasteiger partial charge in [-0.3, -0.25) is 4.79 Å². The highest BCUT2D eigenvalue weighted by Crippen LogP contribution is 2.37. The van der Waals surface area contributed by atoms with Gasteiger partial charge in [-0.05, 0) is 37.7 Å². The summed E-state index contributed by atoms with van der Waals surface area (Å²) in [6, 6.07) is 8.33. The van der Waals surface area contributed by atoms with E-state index in [1.165, 1.54) is 29.0 Å². The molecule has 1 aromatic rings. The van der Waals surface area contributed by atoms with E-state index in [0.29, 0.717) is 6.67 Å². The molecule has 2 heterocycles. The summed E-state index contributed by atoms with van der Waals surface area (Å²) in [4.78, 5) is 30.9. The third-order valence-corrected chi connectivity index (χ3v) is 6.86. The maximum atomic E-state index is 13.2. The SMILES string of the molecule is C[C@@H]1CCCC[C@@]12NC(=O)N(C[NH+](C)Cc1ccccc1N1CCCC1)C2=O. The van der Waals surface area contributed by atoms with Crippen molar-refractivity contribution >= 4 is 17.6 Å². The first-order valence-corrected chi connectivity index (χ1v) is 10.8. The van der Waals surface area contributed by atoms with E-state index in [4.69, 9.17) is 0 Å². The molecule has 3 atom stereocenters. The Morgan fingerprint density at radius 1 is 1.14 bits per heavy atom. The first kappa shape index (κ1) is 19.2. The molecule has 1 aliphatic carbocycles. The topological polar surface area (TPSA) is 57.1 Å². The third kappa shape index (κ3) is 3.39. The molecule has 152 valence electrons. The van der Waals surface area contributed by atoms with Crippen LogP contribution in [-0.4, -0.2) is 49.2 Å². The molecular weight excluding hydrogens is 352 g/mol. The Morgan fingerprint density at radius 2 is 1.89 bits per heavy atom. The number of hydrogen-bond acceptors (Lipinski definition) is 3. The normalized spacial score (nSPS) is 28.9. The van der Waals surface area contributed by atoms with Crippen LogP contribution >= 0.6 is 0 Å². The van der Waals surface area contributed by atoms with Crippen molar-refractivity contribution in [1.82, 2.24) is 10.2 Å². The Bertz CT molecular complexity index is 746. The zero-order valence-electron chi connectivity index (χ0n) is 17.2. The number of urea groups is 1. The summed E-state index contributed by atoms with van der Waals surface area (Å²) in [5, 5.41) is 3.06. The molecule has 1 unspecified atom stereocenters. The molecule has 4 rings (SSSR count). The van der Waals surface area contributed by atoms with Gasteiger partial charge in [-0.25, -0.2) is 9.69 Å². The summed E-state index contributed by atoms with van der Waals surface area (Å²) in [5.74, 6) is 0.191. The Kier molecular flexibility index (Phi) is 5.32. The Labute approximate surface area is 167 Å². The van der Waals surface area contributed by atoms with Crippen LogP contribution in [0.3, 0.4) is 0 Å². The van der Waals surface area contributed by atoms with Gasteiger partial charge in [-0.15, -0.1) is 0 Å². The molecule has 2 aliphatic heterocycles. The Balaban J connectivity index is 1.45. The number of rotatable bonds is 5. The largest absolute Gasteiger partial charge is 0.371 e. The molecule has 1 saturated carbocycles. The van der Waals surface area contributed by atoms with Gasteiger partial charge >= 0.3 is 6.03 Å². The van der Waals surface area contributed by atoms with Crippen LogP contribution in [-0.2, 0) is 11.3 Å². The second-order valence-electron chi connectivity index (χ2n) is 8.90. The summed E-state index contributed by atoms with van der Waals surface area (Å²) in [6.45, 7) is 5.54. The number of quaternary nitrogens is 1. The number of carbonyl (C=O) groups is 2. The van der Waals surface area contributed by atoms with Crippen LogP contribution in [0.2, 0.25) is 0 Å². The molecule has 0 bridgehead atoms. The van der Waals surface area contributed by atoms with Crippen molar-refractivity contribution in [3.63, 3.8) is 0 Å². The minimum Gasteiger partial charge on any atom is -0.371 e. The second kappa shape index (κ2) is 7.74. The molecule has 3 fully saturated rings. The van der Waals surface area contributed by atoms with E-state index in [9.17, 15) is 9.59 Å². The smallest absolute Gasteiger partial charge is 0.329 e. The zero-order chi connectivity index (χ0) is 19.7. The summed E-state index contributed by atoms with van der Waals surface area (Å²) < 4.78 is 0. The highest BCUT2D eigenvalue weighted by Gasteiger charge is 2.55. The summed E-state index contributed by atoms with van der Waals surface area (Å²) in [6.07, 6.45) is 6.43. The van der Waals surface area contributed by atoms with E-state index in [2.05, 4.69) is 48.5 Å². The first-order chi connectivity index (χ1) is 13.5. The number of nitrogens with zero attached hydrogens (tertiary/aromatic N) is 2. The van der Waals surface area contributed by atoms with Gasteiger partial charge in [0, 0.05) is 24.3 Å². The van der Waals surface area contributed by atoms with Gasteiger partial charge in [0.2, 0.25) is 0 Å². The molecule has 2 N–H and O–H groups in total. The van der Waals surface area contributed by atoms with E-state index < -0.39 is 5.54 Å². The highest BCUT2D eigenvalue weighted by molar-refractivity contribution is 6.07. The van der Waals surface area contributed by atoms with Gasteiger partial charge in [0.15, 0.2) is 6.67 Å². The van der Waals surface area contributed by atoms with Crippen LogP contribution in [0.15, 0.2) is 24.3 Å². The van der Waals surface area contributed by atoms with E-state index >= 15 is 0 Å². The molecule has 3 aliphatic rings. The molecule has 6 heteroatoms. The lowest BCUT2D eigenvalue weighted by Gasteiger charge is -2.36. The van der Waals surface area contributed by atoms with Crippen LogP contribution < -0.4 is 15.1 Å². The quantitative estimate of drug-likeness (QED) is 0.760. The minimum atomic E-state index is -0.664. The van der Waals surface area contributed by atoms with Crippen molar-refractivity contribution in [2.45, 2.75) is 57.5 Å². The van der Waals surface area contributed by atoms with Crippen molar-refractivity contribution < 1.29 is 14.5 Å². The molecular formula is C22H33N4O2+. The second-order valence-corrected chi connectivity index (χ2v) is 8.90. The van der Waals surface area contributed by atoms with Crippen molar-refractivity contribution in [3.05, 3.63) is 29.8 Å². The van der Waals surface area contributed by atoms with Gasteiger partial charge in [0.1, 0.15) is 12.1 Å². The monoisotopic (exact) mass is 385 g/mol. The van der Waals surface area contributed by atoms with Crippen molar-refractivity contribution in [3.8, 4) is 0 Å². The van der Waals surface area contributed by atoms with E-state index in [1.54, 1.807) is 0 Å². The van der Waals surface area contributed by atoms with Crippen LogP contribution in [0, 0.1) is 5.92 Å². The maximum absolute atomic E-state index is 13.2. The molecule has 1 aromatic carbocycles. The van der Waals surface area contributed by atoms with Crippen molar-refractivity contribution in [2.75, 3.05) is 31.7 Å². The lowest BCUT2D eigenvalue weighted by atomic mass is 9.73. The molecule has 6 nitrogen and oxygen atoms in total.